The number of anilines is 1. The normalized spacial score (nSPS) is 20.5. The first-order valence-corrected chi connectivity index (χ1v) is 9.56. The van der Waals surface area contributed by atoms with Crippen molar-refractivity contribution in [2.45, 2.75) is 24.5 Å². The van der Waals surface area contributed by atoms with Gasteiger partial charge >= 0.3 is 0 Å². The van der Waals surface area contributed by atoms with E-state index in [2.05, 4.69) is 0 Å². The topological polar surface area (TPSA) is 59.1 Å². The second-order valence-corrected chi connectivity index (χ2v) is 7.39. The van der Waals surface area contributed by atoms with E-state index in [1.165, 1.54) is 19.2 Å². The van der Waals surface area contributed by atoms with Gasteiger partial charge in [0.1, 0.15) is 11.6 Å². The summed E-state index contributed by atoms with van der Waals surface area (Å²) < 4.78 is 24.3. The van der Waals surface area contributed by atoms with Crippen LogP contribution in [0.4, 0.5) is 10.1 Å². The Labute approximate surface area is 168 Å². The van der Waals surface area contributed by atoms with Gasteiger partial charge in [-0.3, -0.25) is 9.59 Å². The fourth-order valence-corrected chi connectivity index (χ4v) is 4.44. The van der Waals surface area contributed by atoms with Crippen LogP contribution in [0.1, 0.15) is 23.2 Å². The van der Waals surface area contributed by atoms with E-state index in [0.717, 1.165) is 0 Å². The van der Waals surface area contributed by atoms with Crippen LogP contribution in [0, 0.1) is 5.82 Å². The lowest BCUT2D eigenvalue weighted by Crippen LogP contribution is -2.78. The number of nitrogens with zero attached hydrogens (tertiary/aromatic N) is 2. The monoisotopic (exact) mass is 398 g/mol. The van der Waals surface area contributed by atoms with Crippen LogP contribution in [0.25, 0.3) is 0 Å². The van der Waals surface area contributed by atoms with Gasteiger partial charge in [0.15, 0.2) is 6.10 Å². The molecule has 2 saturated heterocycles. The summed E-state index contributed by atoms with van der Waals surface area (Å²) in [7, 11) is 3.10. The molecule has 0 saturated carbocycles. The first kappa shape index (κ1) is 19.4. The van der Waals surface area contributed by atoms with Gasteiger partial charge in [0.2, 0.25) is 0 Å². The SMILES string of the molecule is COc1ccc(C(=O)N2CCC3(CC2)C(OC)C(=O)N3c2cccc(F)c2)cc1. The molecule has 152 valence electrons. The first-order valence-electron chi connectivity index (χ1n) is 9.56. The molecule has 6 nitrogen and oxygen atoms in total. The number of β-lactam (4-membered cyclic amide) rings is 1. The maximum absolute atomic E-state index is 13.7. The van der Waals surface area contributed by atoms with Gasteiger partial charge < -0.3 is 19.3 Å². The number of carbonyl (C=O) groups is 2. The fourth-order valence-electron chi connectivity index (χ4n) is 4.44. The van der Waals surface area contributed by atoms with Crippen molar-refractivity contribution < 1.29 is 23.5 Å². The Bertz CT molecular complexity index is 923. The lowest BCUT2D eigenvalue weighted by atomic mass is 9.72. The van der Waals surface area contributed by atoms with Gasteiger partial charge in [-0.15, -0.1) is 0 Å². The third-order valence-corrected chi connectivity index (χ3v) is 5.93. The molecule has 7 heteroatoms. The number of halogens is 1. The predicted molar refractivity (Wildman–Crippen MR) is 106 cm³/mol. The lowest BCUT2D eigenvalue weighted by molar-refractivity contribution is -0.150. The smallest absolute Gasteiger partial charge is 0.259 e. The highest BCUT2D eigenvalue weighted by atomic mass is 19.1. The van der Waals surface area contributed by atoms with Crippen LogP contribution >= 0.6 is 0 Å². The number of carbonyl (C=O) groups excluding carboxylic acids is 2. The third kappa shape index (κ3) is 3.15. The molecule has 2 aromatic carbocycles. The standard InChI is InChI=1S/C22H23FN2O4/c1-28-18-8-6-15(7-9-18)20(26)24-12-10-22(11-13-24)19(29-2)21(27)25(22)17-5-3-4-16(23)14-17/h3-9,14,19H,10-13H2,1-2H3. The van der Waals surface area contributed by atoms with Crippen LogP contribution in [-0.2, 0) is 9.53 Å². The molecule has 0 aliphatic carbocycles. The average molecular weight is 398 g/mol. The summed E-state index contributed by atoms with van der Waals surface area (Å²) in [6.45, 7) is 0.980. The zero-order valence-electron chi connectivity index (χ0n) is 16.4. The van der Waals surface area contributed by atoms with E-state index in [4.69, 9.17) is 9.47 Å². The Kier molecular flexibility index (Phi) is 5.00. The number of rotatable bonds is 4. The number of piperidine rings is 1. The molecular formula is C22H23FN2O4. The van der Waals surface area contributed by atoms with Crippen LogP contribution < -0.4 is 9.64 Å². The Morgan fingerprint density at radius 2 is 1.79 bits per heavy atom. The van der Waals surface area contributed by atoms with Gasteiger partial charge in [-0.25, -0.2) is 4.39 Å². The number of methoxy groups -OCH3 is 2. The minimum Gasteiger partial charge on any atom is -0.497 e. The van der Waals surface area contributed by atoms with E-state index in [-0.39, 0.29) is 11.8 Å². The van der Waals surface area contributed by atoms with Crippen LogP contribution in [0.2, 0.25) is 0 Å². The van der Waals surface area contributed by atoms with Crippen molar-refractivity contribution in [2.75, 3.05) is 32.2 Å². The van der Waals surface area contributed by atoms with Crippen molar-refractivity contribution in [3.63, 3.8) is 0 Å². The molecule has 1 spiro atoms. The minimum absolute atomic E-state index is 0.0561. The molecule has 2 fully saturated rings. The van der Waals surface area contributed by atoms with Gasteiger partial charge in [-0.1, -0.05) is 6.07 Å². The molecule has 0 bridgehead atoms. The molecule has 4 rings (SSSR count). The second-order valence-electron chi connectivity index (χ2n) is 7.39. The third-order valence-electron chi connectivity index (χ3n) is 5.93. The number of amides is 2. The van der Waals surface area contributed by atoms with Crippen molar-refractivity contribution in [3.05, 3.63) is 59.9 Å². The van der Waals surface area contributed by atoms with E-state index in [0.29, 0.717) is 42.9 Å². The van der Waals surface area contributed by atoms with Gasteiger partial charge in [0.25, 0.3) is 11.8 Å². The summed E-state index contributed by atoms with van der Waals surface area (Å²) in [5.74, 6) is 0.0756. The summed E-state index contributed by atoms with van der Waals surface area (Å²) in [4.78, 5) is 28.9. The summed E-state index contributed by atoms with van der Waals surface area (Å²) in [6, 6.07) is 13.0. The van der Waals surface area contributed by atoms with E-state index in [9.17, 15) is 14.0 Å². The molecular weight excluding hydrogens is 375 g/mol. The predicted octanol–water partition coefficient (Wildman–Crippen LogP) is 2.87. The van der Waals surface area contributed by atoms with Gasteiger partial charge in [0.05, 0.1) is 12.6 Å². The lowest BCUT2D eigenvalue weighted by Gasteiger charge is -2.59. The van der Waals surface area contributed by atoms with Crippen LogP contribution in [-0.4, -0.2) is 55.7 Å². The molecule has 0 radical (unpaired) electrons. The molecule has 0 aromatic heterocycles. The largest absolute Gasteiger partial charge is 0.497 e. The second kappa shape index (κ2) is 7.48. The zero-order chi connectivity index (χ0) is 20.6. The first-order chi connectivity index (χ1) is 14.0. The zero-order valence-corrected chi connectivity index (χ0v) is 16.4. The quantitative estimate of drug-likeness (QED) is 0.743. The van der Waals surface area contributed by atoms with Crippen molar-refractivity contribution in [2.24, 2.45) is 0 Å². The van der Waals surface area contributed by atoms with Crippen molar-refractivity contribution in [3.8, 4) is 5.75 Å². The Balaban J connectivity index is 1.52. The van der Waals surface area contributed by atoms with E-state index < -0.39 is 17.5 Å². The van der Waals surface area contributed by atoms with Gasteiger partial charge in [-0.2, -0.15) is 0 Å². The van der Waals surface area contributed by atoms with Crippen LogP contribution in [0.15, 0.2) is 48.5 Å². The number of hydrogen-bond acceptors (Lipinski definition) is 4. The molecule has 2 amide bonds. The number of likely N-dealkylation sites (tertiary alicyclic amines) is 1. The number of ether oxygens (including phenoxy) is 2. The summed E-state index contributed by atoms with van der Waals surface area (Å²) in [5, 5.41) is 0. The van der Waals surface area contributed by atoms with Crippen LogP contribution in [0.3, 0.4) is 0 Å². The van der Waals surface area contributed by atoms with Crippen molar-refractivity contribution in [1.82, 2.24) is 4.90 Å². The van der Waals surface area contributed by atoms with Crippen LogP contribution in [0.5, 0.6) is 5.75 Å². The average Bonchev–Trinajstić information content (AvgIpc) is 2.74. The molecule has 1 unspecified atom stereocenters. The molecule has 2 aromatic rings. The van der Waals surface area contributed by atoms with E-state index in [1.807, 2.05) is 0 Å². The molecule has 29 heavy (non-hydrogen) atoms. The summed E-state index contributed by atoms with van der Waals surface area (Å²) in [5.41, 5.74) is 0.561. The number of benzene rings is 2. The minimum atomic E-state index is -0.580. The van der Waals surface area contributed by atoms with Crippen molar-refractivity contribution >= 4 is 17.5 Å². The number of hydrogen-bond donors (Lipinski definition) is 0. The summed E-state index contributed by atoms with van der Waals surface area (Å²) in [6.07, 6.45) is 0.551. The highest BCUT2D eigenvalue weighted by Gasteiger charge is 2.62. The highest BCUT2D eigenvalue weighted by molar-refractivity contribution is 6.07. The molecule has 2 aliphatic heterocycles. The molecule has 1 atom stereocenters. The van der Waals surface area contributed by atoms with E-state index >= 15 is 0 Å². The van der Waals surface area contributed by atoms with E-state index in [1.54, 1.807) is 53.3 Å². The maximum atomic E-state index is 13.7. The molecule has 2 aliphatic rings. The van der Waals surface area contributed by atoms with Gasteiger partial charge in [-0.05, 0) is 55.3 Å². The molecule has 2 heterocycles. The highest BCUT2D eigenvalue weighted by Crippen LogP contribution is 2.45. The van der Waals surface area contributed by atoms with Gasteiger partial charge in [0, 0.05) is 31.5 Å². The molecule has 0 N–H and O–H groups in total. The van der Waals surface area contributed by atoms with Crippen molar-refractivity contribution in [1.29, 1.82) is 0 Å². The summed E-state index contributed by atoms with van der Waals surface area (Å²) >= 11 is 0. The Morgan fingerprint density at radius 1 is 1.10 bits per heavy atom. The maximum Gasteiger partial charge on any atom is 0.259 e. The fraction of sp³-hybridized carbons (Fsp3) is 0.364. The Morgan fingerprint density at radius 3 is 2.38 bits per heavy atom. The Hall–Kier alpha value is -2.93.